The van der Waals surface area contributed by atoms with Crippen molar-refractivity contribution in [2.75, 3.05) is 11.9 Å². The number of aromatic amines is 1. The molecule has 0 unspecified atom stereocenters. The third kappa shape index (κ3) is 3.47. The van der Waals surface area contributed by atoms with Gasteiger partial charge in [-0.3, -0.25) is 10.1 Å². The molecule has 130 valence electrons. The first kappa shape index (κ1) is 15.6. The first-order valence-corrected chi connectivity index (χ1v) is 8.55. The number of rotatable bonds is 3. The summed E-state index contributed by atoms with van der Waals surface area (Å²) in [5.41, 5.74) is 2.56. The number of benzene rings is 1. The Bertz CT molecular complexity index is 798. The third-order valence-electron chi connectivity index (χ3n) is 4.54. The van der Waals surface area contributed by atoms with E-state index in [2.05, 4.69) is 32.1 Å². The van der Waals surface area contributed by atoms with Crippen molar-refractivity contribution in [2.45, 2.75) is 38.3 Å². The standard InChI is InChI=1S/C17H20N6O2/c24-16(18-13-7-8-13)14-15(21-22-20-14)19-17(25)23-9-3-6-11-4-1-2-5-12(11)10-23/h1-2,4-5,13H,3,6-10H2,(H,18,24)(H2,19,20,21,22,25). The topological polar surface area (TPSA) is 103 Å². The molecule has 25 heavy (non-hydrogen) atoms. The Morgan fingerprint density at radius 3 is 2.76 bits per heavy atom. The summed E-state index contributed by atoms with van der Waals surface area (Å²) in [7, 11) is 0. The molecular formula is C17H20N6O2. The van der Waals surface area contributed by atoms with E-state index in [0.29, 0.717) is 13.1 Å². The average molecular weight is 340 g/mol. The molecule has 2 heterocycles. The van der Waals surface area contributed by atoms with Crippen LogP contribution in [0.25, 0.3) is 0 Å². The van der Waals surface area contributed by atoms with Gasteiger partial charge in [0.2, 0.25) is 0 Å². The van der Waals surface area contributed by atoms with Crippen LogP contribution in [0.1, 0.15) is 40.9 Å². The Kier molecular flexibility index (Phi) is 4.09. The summed E-state index contributed by atoms with van der Waals surface area (Å²) in [5, 5.41) is 15.8. The van der Waals surface area contributed by atoms with E-state index in [9.17, 15) is 9.59 Å². The van der Waals surface area contributed by atoms with Gasteiger partial charge in [0, 0.05) is 19.1 Å². The summed E-state index contributed by atoms with van der Waals surface area (Å²) in [6.45, 7) is 1.20. The van der Waals surface area contributed by atoms with E-state index in [1.54, 1.807) is 4.90 Å². The number of urea groups is 1. The van der Waals surface area contributed by atoms with Crippen LogP contribution >= 0.6 is 0 Å². The minimum Gasteiger partial charge on any atom is -0.348 e. The molecule has 8 nitrogen and oxygen atoms in total. The monoisotopic (exact) mass is 340 g/mol. The number of hydrogen-bond acceptors (Lipinski definition) is 4. The second kappa shape index (κ2) is 6.54. The van der Waals surface area contributed by atoms with E-state index >= 15 is 0 Å². The van der Waals surface area contributed by atoms with Gasteiger partial charge in [-0.25, -0.2) is 4.79 Å². The van der Waals surface area contributed by atoms with E-state index in [4.69, 9.17) is 0 Å². The van der Waals surface area contributed by atoms with Gasteiger partial charge in [-0.1, -0.05) is 24.3 Å². The van der Waals surface area contributed by atoms with Gasteiger partial charge < -0.3 is 10.2 Å². The molecule has 0 radical (unpaired) electrons. The zero-order valence-electron chi connectivity index (χ0n) is 13.8. The summed E-state index contributed by atoms with van der Waals surface area (Å²) in [6, 6.07) is 8.11. The Labute approximate surface area is 145 Å². The van der Waals surface area contributed by atoms with E-state index < -0.39 is 0 Å². The molecule has 2 aliphatic rings. The van der Waals surface area contributed by atoms with Gasteiger partial charge in [0.25, 0.3) is 5.91 Å². The van der Waals surface area contributed by atoms with Crippen LogP contribution in [-0.2, 0) is 13.0 Å². The summed E-state index contributed by atoms with van der Waals surface area (Å²) >= 11 is 0. The number of aromatic nitrogens is 3. The molecule has 4 rings (SSSR count). The second-order valence-electron chi connectivity index (χ2n) is 6.49. The van der Waals surface area contributed by atoms with Crippen LogP contribution in [0.15, 0.2) is 24.3 Å². The molecule has 0 spiro atoms. The van der Waals surface area contributed by atoms with E-state index in [-0.39, 0.29) is 29.5 Å². The van der Waals surface area contributed by atoms with Crippen molar-refractivity contribution in [2.24, 2.45) is 0 Å². The maximum absolute atomic E-state index is 12.6. The predicted octanol–water partition coefficient (Wildman–Crippen LogP) is 1.68. The van der Waals surface area contributed by atoms with Gasteiger partial charge >= 0.3 is 6.03 Å². The number of nitrogens with zero attached hydrogens (tertiary/aromatic N) is 3. The van der Waals surface area contributed by atoms with Crippen LogP contribution in [0, 0.1) is 0 Å². The highest BCUT2D eigenvalue weighted by molar-refractivity contribution is 6.00. The first-order chi connectivity index (χ1) is 12.2. The summed E-state index contributed by atoms with van der Waals surface area (Å²) in [6.07, 6.45) is 3.83. The molecule has 2 aromatic rings. The fourth-order valence-corrected chi connectivity index (χ4v) is 3.01. The van der Waals surface area contributed by atoms with Crippen molar-refractivity contribution in [1.29, 1.82) is 0 Å². The molecule has 1 aromatic heterocycles. The first-order valence-electron chi connectivity index (χ1n) is 8.55. The zero-order valence-corrected chi connectivity index (χ0v) is 13.8. The lowest BCUT2D eigenvalue weighted by Gasteiger charge is -2.20. The molecule has 8 heteroatoms. The number of carbonyl (C=O) groups excluding carboxylic acids is 2. The number of nitrogens with one attached hydrogen (secondary N) is 3. The van der Waals surface area contributed by atoms with Crippen LogP contribution in [0.4, 0.5) is 10.6 Å². The summed E-state index contributed by atoms with van der Waals surface area (Å²) < 4.78 is 0. The quantitative estimate of drug-likeness (QED) is 0.791. The Morgan fingerprint density at radius 2 is 1.96 bits per heavy atom. The molecule has 0 saturated heterocycles. The number of carbonyl (C=O) groups is 2. The number of fused-ring (bicyclic) bond motifs is 1. The molecule has 3 amide bonds. The number of anilines is 1. The molecule has 1 fully saturated rings. The van der Waals surface area contributed by atoms with Crippen LogP contribution in [-0.4, -0.2) is 44.8 Å². The summed E-state index contributed by atoms with van der Waals surface area (Å²) in [4.78, 5) is 26.5. The van der Waals surface area contributed by atoms with Gasteiger partial charge in [-0.2, -0.15) is 5.21 Å². The van der Waals surface area contributed by atoms with E-state index in [1.807, 2.05) is 18.2 Å². The smallest absolute Gasteiger partial charge is 0.323 e. The van der Waals surface area contributed by atoms with Gasteiger partial charge in [-0.05, 0) is 36.8 Å². The molecule has 0 bridgehead atoms. The number of amides is 3. The maximum Gasteiger partial charge on any atom is 0.323 e. The highest BCUT2D eigenvalue weighted by Gasteiger charge is 2.28. The van der Waals surface area contributed by atoms with Crippen molar-refractivity contribution >= 4 is 17.8 Å². The van der Waals surface area contributed by atoms with Crippen LogP contribution in [0.2, 0.25) is 0 Å². The SMILES string of the molecule is O=C(NC1CC1)c1n[nH]nc1NC(=O)N1CCCc2ccccc2C1. The molecule has 3 N–H and O–H groups in total. The lowest BCUT2D eigenvalue weighted by atomic mass is 10.0. The fourth-order valence-electron chi connectivity index (χ4n) is 3.01. The predicted molar refractivity (Wildman–Crippen MR) is 91.1 cm³/mol. The largest absolute Gasteiger partial charge is 0.348 e. The average Bonchev–Trinajstić information content (AvgIpc) is 3.35. The van der Waals surface area contributed by atoms with Gasteiger partial charge in [0.15, 0.2) is 11.5 Å². The lowest BCUT2D eigenvalue weighted by molar-refractivity contribution is 0.0947. The van der Waals surface area contributed by atoms with Crippen molar-refractivity contribution < 1.29 is 9.59 Å². The minimum atomic E-state index is -0.312. The van der Waals surface area contributed by atoms with Crippen LogP contribution < -0.4 is 10.6 Å². The second-order valence-corrected chi connectivity index (χ2v) is 6.49. The summed E-state index contributed by atoms with van der Waals surface area (Å²) in [5.74, 6) is -0.145. The molecule has 0 atom stereocenters. The Morgan fingerprint density at radius 1 is 1.16 bits per heavy atom. The van der Waals surface area contributed by atoms with Crippen LogP contribution in [0.3, 0.4) is 0 Å². The fraction of sp³-hybridized carbons (Fsp3) is 0.412. The minimum absolute atomic E-state index is 0.121. The highest BCUT2D eigenvalue weighted by Crippen LogP contribution is 2.21. The van der Waals surface area contributed by atoms with Crippen LogP contribution in [0.5, 0.6) is 0 Å². The van der Waals surface area contributed by atoms with Crippen molar-refractivity contribution in [1.82, 2.24) is 25.6 Å². The Balaban J connectivity index is 1.45. The van der Waals surface area contributed by atoms with E-state index in [0.717, 1.165) is 31.2 Å². The van der Waals surface area contributed by atoms with Crippen molar-refractivity contribution in [3.05, 3.63) is 41.1 Å². The normalized spacial score (nSPS) is 16.7. The van der Waals surface area contributed by atoms with Gasteiger partial charge in [0.1, 0.15) is 0 Å². The van der Waals surface area contributed by atoms with Gasteiger partial charge in [-0.15, -0.1) is 10.2 Å². The number of H-pyrrole nitrogens is 1. The highest BCUT2D eigenvalue weighted by atomic mass is 16.2. The number of aryl methyl sites for hydroxylation is 1. The molecule has 1 aliphatic heterocycles. The van der Waals surface area contributed by atoms with Gasteiger partial charge in [0.05, 0.1) is 0 Å². The zero-order chi connectivity index (χ0) is 17.2. The lowest BCUT2D eigenvalue weighted by Crippen LogP contribution is -2.35. The Hall–Kier alpha value is -2.90. The number of hydrogen-bond donors (Lipinski definition) is 3. The molecular weight excluding hydrogens is 320 g/mol. The van der Waals surface area contributed by atoms with Crippen molar-refractivity contribution in [3.8, 4) is 0 Å². The molecule has 1 aliphatic carbocycles. The van der Waals surface area contributed by atoms with Crippen molar-refractivity contribution in [3.63, 3.8) is 0 Å². The van der Waals surface area contributed by atoms with E-state index in [1.165, 1.54) is 5.56 Å². The third-order valence-corrected chi connectivity index (χ3v) is 4.54. The maximum atomic E-state index is 12.6. The molecule has 1 aromatic carbocycles. The molecule has 1 saturated carbocycles.